The topological polar surface area (TPSA) is 63.5 Å². The van der Waals surface area contributed by atoms with Gasteiger partial charge in [0.15, 0.2) is 11.5 Å². The van der Waals surface area contributed by atoms with Gasteiger partial charge in [0.25, 0.3) is 5.91 Å². The minimum atomic E-state index is -0.210. The lowest BCUT2D eigenvalue weighted by Crippen LogP contribution is -2.92. The number of allylic oxidation sites excluding steroid dienone is 5. The Morgan fingerprint density at radius 1 is 1.23 bits per heavy atom. The first-order valence-corrected chi connectivity index (χ1v) is 10.9. The van der Waals surface area contributed by atoms with Gasteiger partial charge in [-0.2, -0.15) is 0 Å². The van der Waals surface area contributed by atoms with Crippen LogP contribution in [-0.2, 0) is 0 Å². The molecule has 4 aliphatic carbocycles. The van der Waals surface area contributed by atoms with E-state index in [9.17, 15) is 9.59 Å². The van der Waals surface area contributed by atoms with E-state index in [1.165, 1.54) is 12.8 Å². The molecule has 6 rings (SSSR count). The lowest BCUT2D eigenvalue weighted by molar-refractivity contribution is -0.393. The average molecular weight is 399 g/mol. The molecule has 4 fully saturated rings. The molecule has 0 bridgehead atoms. The standard InChI is InChI=1S/C25H25N3O2/c1-3-5-8-15(4-2)21(29)22-26-20(19-9-6-7-10-28(19)22)23(30)27-24-13-17-11-16-12-18(14-24)25(16,17)24/h3-10,16-18H,1,11-14H2,2H3,(H,27,30)/b8-5-,15-4+. The highest BCUT2D eigenvalue weighted by Gasteiger charge is 2.88. The van der Waals surface area contributed by atoms with Crippen LogP contribution in [0.1, 0.15) is 53.7 Å². The Balaban J connectivity index is 1.34. The molecule has 2 unspecified atom stereocenters. The summed E-state index contributed by atoms with van der Waals surface area (Å²) in [5, 5.41) is 3.38. The van der Waals surface area contributed by atoms with Crippen LogP contribution < -0.4 is 5.32 Å². The van der Waals surface area contributed by atoms with Gasteiger partial charge in [-0.15, -0.1) is 0 Å². The first-order chi connectivity index (χ1) is 14.6. The fourth-order valence-corrected chi connectivity index (χ4v) is 7.39. The van der Waals surface area contributed by atoms with Crippen molar-refractivity contribution in [1.29, 1.82) is 0 Å². The highest BCUT2D eigenvalue weighted by atomic mass is 16.2. The first-order valence-electron chi connectivity index (χ1n) is 10.9. The van der Waals surface area contributed by atoms with Crippen molar-refractivity contribution in [3.05, 3.63) is 72.4 Å². The lowest BCUT2D eigenvalue weighted by atomic mass is 9.15. The Hall–Kier alpha value is -2.95. The molecule has 4 saturated carbocycles. The van der Waals surface area contributed by atoms with E-state index in [0.29, 0.717) is 22.2 Å². The summed E-state index contributed by atoms with van der Waals surface area (Å²) in [6, 6.07) is 5.58. The number of rotatable bonds is 6. The molecule has 2 heterocycles. The minimum absolute atomic E-state index is 0.0172. The van der Waals surface area contributed by atoms with Gasteiger partial charge in [-0.25, -0.2) is 4.98 Å². The summed E-state index contributed by atoms with van der Waals surface area (Å²) in [4.78, 5) is 31.0. The predicted molar refractivity (Wildman–Crippen MR) is 114 cm³/mol. The summed E-state index contributed by atoms with van der Waals surface area (Å²) in [6.07, 6.45) is 13.5. The second kappa shape index (κ2) is 5.81. The molecule has 2 atom stereocenters. The molecule has 4 aliphatic rings. The number of imidazole rings is 1. The zero-order valence-electron chi connectivity index (χ0n) is 17.1. The molecule has 0 radical (unpaired) electrons. The van der Waals surface area contributed by atoms with Crippen LogP contribution in [0.5, 0.6) is 0 Å². The van der Waals surface area contributed by atoms with Crippen molar-refractivity contribution < 1.29 is 9.59 Å². The van der Waals surface area contributed by atoms with Gasteiger partial charge in [-0.05, 0) is 62.5 Å². The summed E-state index contributed by atoms with van der Waals surface area (Å²) in [6.45, 7) is 5.48. The number of pyridine rings is 1. The number of carbonyl (C=O) groups excluding carboxylic acids is 2. The van der Waals surface area contributed by atoms with Crippen molar-refractivity contribution in [2.45, 2.75) is 38.1 Å². The first kappa shape index (κ1) is 17.9. The van der Waals surface area contributed by atoms with E-state index in [4.69, 9.17) is 0 Å². The van der Waals surface area contributed by atoms with E-state index in [1.807, 2.05) is 25.1 Å². The summed E-state index contributed by atoms with van der Waals surface area (Å²) in [5.41, 5.74) is 1.92. The van der Waals surface area contributed by atoms with Crippen LogP contribution in [0.3, 0.4) is 0 Å². The Bertz CT molecular complexity index is 1160. The van der Waals surface area contributed by atoms with Crippen LogP contribution in [0.25, 0.3) is 5.52 Å². The van der Waals surface area contributed by atoms with Crippen molar-refractivity contribution in [3.63, 3.8) is 0 Å². The van der Waals surface area contributed by atoms with Crippen molar-refractivity contribution in [1.82, 2.24) is 14.7 Å². The second-order valence-electron chi connectivity index (χ2n) is 9.35. The van der Waals surface area contributed by atoms with Crippen molar-refractivity contribution in [3.8, 4) is 0 Å². The van der Waals surface area contributed by atoms with Crippen LogP contribution in [0.4, 0.5) is 0 Å². The highest BCUT2D eigenvalue weighted by Crippen LogP contribution is 2.89. The summed E-state index contributed by atoms with van der Waals surface area (Å²) >= 11 is 0. The SMILES string of the molecule is C=C/C=C\C(=C/C)C(=O)c1nc(C(=O)NC23CC4CC5CC(C2)C543)c2ccccn12. The molecule has 5 nitrogen and oxygen atoms in total. The molecule has 152 valence electrons. The van der Waals surface area contributed by atoms with Crippen LogP contribution >= 0.6 is 0 Å². The van der Waals surface area contributed by atoms with E-state index in [0.717, 1.165) is 30.6 Å². The number of aromatic nitrogens is 2. The number of hydrogen-bond donors (Lipinski definition) is 1. The Morgan fingerprint density at radius 3 is 2.63 bits per heavy atom. The van der Waals surface area contributed by atoms with Gasteiger partial charge in [-0.1, -0.05) is 36.9 Å². The fraction of sp³-hybridized carbons (Fsp3) is 0.400. The number of amides is 1. The van der Waals surface area contributed by atoms with E-state index in [1.54, 1.807) is 34.9 Å². The molecule has 0 saturated heterocycles. The van der Waals surface area contributed by atoms with Crippen molar-refractivity contribution in [2.75, 3.05) is 0 Å². The average Bonchev–Trinajstić information content (AvgIpc) is 3.08. The van der Waals surface area contributed by atoms with E-state index in [2.05, 4.69) is 16.9 Å². The molecule has 0 aliphatic heterocycles. The molecule has 1 amide bonds. The quantitative estimate of drug-likeness (QED) is 0.451. The summed E-state index contributed by atoms with van der Waals surface area (Å²) in [7, 11) is 0. The third-order valence-corrected chi connectivity index (χ3v) is 8.49. The van der Waals surface area contributed by atoms with Crippen molar-refractivity contribution >= 4 is 17.2 Å². The highest BCUT2D eigenvalue weighted by molar-refractivity contribution is 6.10. The van der Waals surface area contributed by atoms with Crippen LogP contribution in [0, 0.1) is 23.2 Å². The smallest absolute Gasteiger partial charge is 0.272 e. The molecule has 2 aromatic heterocycles. The monoisotopic (exact) mass is 399 g/mol. The Labute approximate surface area is 175 Å². The largest absolute Gasteiger partial charge is 0.345 e. The van der Waals surface area contributed by atoms with E-state index >= 15 is 0 Å². The predicted octanol–water partition coefficient (Wildman–Crippen LogP) is 4.12. The third-order valence-electron chi connectivity index (χ3n) is 8.49. The maximum absolute atomic E-state index is 13.3. The lowest BCUT2D eigenvalue weighted by Gasteiger charge is -2.91. The number of nitrogens with zero attached hydrogens (tertiary/aromatic N) is 2. The van der Waals surface area contributed by atoms with E-state index in [-0.39, 0.29) is 23.1 Å². The number of hydrogen-bond acceptors (Lipinski definition) is 3. The number of fused-ring (bicyclic) bond motifs is 1. The maximum atomic E-state index is 13.3. The number of ketones is 1. The summed E-state index contributed by atoms with van der Waals surface area (Å²) in [5.74, 6) is 2.36. The Kier molecular flexibility index (Phi) is 3.46. The molecule has 1 N–H and O–H groups in total. The fourth-order valence-electron chi connectivity index (χ4n) is 7.39. The number of nitrogens with one attached hydrogen (secondary N) is 1. The zero-order valence-corrected chi connectivity index (χ0v) is 17.1. The molecular weight excluding hydrogens is 374 g/mol. The normalized spacial score (nSPS) is 35.4. The molecule has 5 heteroatoms. The minimum Gasteiger partial charge on any atom is -0.345 e. The Morgan fingerprint density at radius 2 is 2.00 bits per heavy atom. The van der Waals surface area contributed by atoms with Gasteiger partial charge in [-0.3, -0.25) is 14.0 Å². The second-order valence-corrected chi connectivity index (χ2v) is 9.35. The number of Topliss-reactive ketones (excluding diaryl/α,β-unsaturated/α-hetero) is 1. The maximum Gasteiger partial charge on any atom is 0.272 e. The van der Waals surface area contributed by atoms with Gasteiger partial charge in [0.1, 0.15) is 0 Å². The van der Waals surface area contributed by atoms with Gasteiger partial charge in [0.2, 0.25) is 5.78 Å². The number of carbonyl (C=O) groups is 2. The van der Waals surface area contributed by atoms with Crippen LogP contribution in [-0.4, -0.2) is 26.6 Å². The third kappa shape index (κ3) is 1.87. The van der Waals surface area contributed by atoms with Gasteiger partial charge >= 0.3 is 0 Å². The molecule has 0 aromatic carbocycles. The molecular formula is C25H25N3O2. The van der Waals surface area contributed by atoms with Crippen LogP contribution in [0.15, 0.2) is 60.9 Å². The van der Waals surface area contributed by atoms with Crippen molar-refractivity contribution in [2.24, 2.45) is 23.2 Å². The molecule has 30 heavy (non-hydrogen) atoms. The van der Waals surface area contributed by atoms with E-state index < -0.39 is 0 Å². The van der Waals surface area contributed by atoms with Gasteiger partial charge < -0.3 is 5.32 Å². The zero-order chi connectivity index (χ0) is 20.7. The van der Waals surface area contributed by atoms with Gasteiger partial charge in [0, 0.05) is 22.7 Å². The van der Waals surface area contributed by atoms with Gasteiger partial charge in [0.05, 0.1) is 5.52 Å². The van der Waals surface area contributed by atoms with Crippen LogP contribution in [0.2, 0.25) is 0 Å². The summed E-state index contributed by atoms with van der Waals surface area (Å²) < 4.78 is 1.72. The molecule has 1 spiro atoms. The molecule has 2 aromatic rings.